The molecule has 0 saturated carbocycles. The lowest BCUT2D eigenvalue weighted by Crippen LogP contribution is -2.51. The van der Waals surface area contributed by atoms with E-state index in [0.717, 1.165) is 24.2 Å². The van der Waals surface area contributed by atoms with Gasteiger partial charge >= 0.3 is 11.7 Å². The van der Waals surface area contributed by atoms with Crippen LogP contribution in [-0.2, 0) is 41.5 Å². The molecule has 1 aliphatic rings. The van der Waals surface area contributed by atoms with Gasteiger partial charge in [0.05, 0.1) is 6.33 Å². The number of imidazole rings is 1. The van der Waals surface area contributed by atoms with Crippen LogP contribution in [0.4, 0.5) is 0 Å². The second-order valence-electron chi connectivity index (χ2n) is 8.47. The number of ether oxygens (including phenoxy) is 1. The first-order valence-corrected chi connectivity index (χ1v) is 11.1. The number of carbonyl (C=O) groups is 2. The van der Waals surface area contributed by atoms with Gasteiger partial charge in [-0.2, -0.15) is 0 Å². The highest BCUT2D eigenvalue weighted by atomic mass is 16.5. The summed E-state index contributed by atoms with van der Waals surface area (Å²) in [5.41, 5.74) is 0.467. The summed E-state index contributed by atoms with van der Waals surface area (Å²) in [5, 5.41) is 0. The number of nitrogens with zero attached hydrogens (tertiary/aromatic N) is 6. The highest BCUT2D eigenvalue weighted by molar-refractivity contribution is 5.84. The van der Waals surface area contributed by atoms with Crippen LogP contribution < -0.4 is 11.2 Å². The van der Waals surface area contributed by atoms with Gasteiger partial charge in [0.1, 0.15) is 6.54 Å². The van der Waals surface area contributed by atoms with Crippen molar-refractivity contribution in [2.45, 2.75) is 26.1 Å². The molecule has 1 amide bonds. The molecule has 3 aromatic rings. The Morgan fingerprint density at radius 2 is 1.71 bits per heavy atom. The van der Waals surface area contributed by atoms with Gasteiger partial charge in [-0.1, -0.05) is 30.3 Å². The average Bonchev–Trinajstić information content (AvgIpc) is 3.25. The summed E-state index contributed by atoms with van der Waals surface area (Å²) in [7, 11) is 2.86. The lowest BCUT2D eigenvalue weighted by molar-refractivity contribution is -0.160. The van der Waals surface area contributed by atoms with E-state index < -0.39 is 23.3 Å². The van der Waals surface area contributed by atoms with Gasteiger partial charge in [-0.25, -0.2) is 9.78 Å². The van der Waals surface area contributed by atoms with E-state index in [2.05, 4.69) is 22.0 Å². The van der Waals surface area contributed by atoms with Gasteiger partial charge < -0.3 is 14.2 Å². The largest absolute Gasteiger partial charge is 0.451 e. The molecule has 0 N–H and O–H groups in total. The van der Waals surface area contributed by atoms with Crippen LogP contribution in [0.3, 0.4) is 0 Å². The second kappa shape index (κ2) is 9.64. The number of rotatable bonds is 6. The molecular weight excluding hydrogens is 440 g/mol. The first-order valence-electron chi connectivity index (χ1n) is 11.1. The Morgan fingerprint density at radius 3 is 2.38 bits per heavy atom. The SMILES string of the molecule is CC(OC(=O)Cn1cnc2c1c(=O)n(C)c(=O)n2C)C(=O)N1CCN(Cc2ccccc2)CC1. The van der Waals surface area contributed by atoms with E-state index in [-0.39, 0.29) is 23.6 Å². The number of hydrogen-bond donors (Lipinski definition) is 0. The fourth-order valence-electron chi connectivity index (χ4n) is 4.17. The van der Waals surface area contributed by atoms with Crippen LogP contribution in [0.1, 0.15) is 12.5 Å². The third-order valence-corrected chi connectivity index (χ3v) is 6.11. The van der Waals surface area contributed by atoms with Gasteiger partial charge in [-0.3, -0.25) is 28.4 Å². The molecule has 4 rings (SSSR count). The summed E-state index contributed by atoms with van der Waals surface area (Å²) in [5.74, 6) is -0.916. The van der Waals surface area contributed by atoms with Crippen molar-refractivity contribution in [1.29, 1.82) is 0 Å². The molecule has 11 heteroatoms. The molecule has 1 aliphatic heterocycles. The molecule has 34 heavy (non-hydrogen) atoms. The predicted molar refractivity (Wildman–Crippen MR) is 124 cm³/mol. The number of esters is 1. The van der Waals surface area contributed by atoms with Crippen molar-refractivity contribution in [2.24, 2.45) is 14.1 Å². The minimum absolute atomic E-state index is 0.120. The van der Waals surface area contributed by atoms with Gasteiger partial charge in [-0.05, 0) is 12.5 Å². The molecule has 1 unspecified atom stereocenters. The highest BCUT2D eigenvalue weighted by Gasteiger charge is 2.27. The molecule has 11 nitrogen and oxygen atoms in total. The minimum Gasteiger partial charge on any atom is -0.451 e. The lowest BCUT2D eigenvalue weighted by Gasteiger charge is -2.35. The first kappa shape index (κ1) is 23.4. The fourth-order valence-corrected chi connectivity index (χ4v) is 4.17. The van der Waals surface area contributed by atoms with E-state index in [0.29, 0.717) is 13.1 Å². The zero-order valence-corrected chi connectivity index (χ0v) is 19.5. The van der Waals surface area contributed by atoms with Crippen molar-refractivity contribution in [2.75, 3.05) is 26.2 Å². The monoisotopic (exact) mass is 468 g/mol. The molecule has 0 bridgehead atoms. The summed E-state index contributed by atoms with van der Waals surface area (Å²) < 4.78 is 8.89. The number of hydrogen-bond acceptors (Lipinski definition) is 7. The van der Waals surface area contributed by atoms with Crippen LogP contribution >= 0.6 is 0 Å². The number of piperazine rings is 1. The second-order valence-corrected chi connectivity index (χ2v) is 8.47. The normalized spacial score (nSPS) is 15.4. The van der Waals surface area contributed by atoms with E-state index in [9.17, 15) is 19.2 Å². The van der Waals surface area contributed by atoms with Gasteiger partial charge in [-0.15, -0.1) is 0 Å². The fraction of sp³-hybridized carbons (Fsp3) is 0.435. The van der Waals surface area contributed by atoms with Crippen LogP contribution in [0.25, 0.3) is 11.2 Å². The van der Waals surface area contributed by atoms with E-state index in [1.807, 2.05) is 18.2 Å². The minimum atomic E-state index is -0.949. The Labute approximate surface area is 195 Å². The first-order chi connectivity index (χ1) is 16.3. The number of benzene rings is 1. The Hall–Kier alpha value is -3.73. The molecule has 0 radical (unpaired) electrons. The zero-order chi connectivity index (χ0) is 24.4. The van der Waals surface area contributed by atoms with Gasteiger partial charge in [0.25, 0.3) is 11.5 Å². The van der Waals surface area contributed by atoms with Crippen molar-refractivity contribution in [3.05, 3.63) is 63.1 Å². The van der Waals surface area contributed by atoms with Crippen molar-refractivity contribution in [3.63, 3.8) is 0 Å². The zero-order valence-electron chi connectivity index (χ0n) is 19.5. The van der Waals surface area contributed by atoms with Gasteiger partial charge in [0.2, 0.25) is 0 Å². The number of amides is 1. The molecule has 1 atom stereocenters. The molecule has 1 aromatic carbocycles. The molecule has 1 saturated heterocycles. The summed E-state index contributed by atoms with van der Waals surface area (Å²) in [4.78, 5) is 58.0. The Balaban J connectivity index is 1.34. The smallest absolute Gasteiger partial charge is 0.332 e. The van der Waals surface area contributed by atoms with Crippen LogP contribution in [0.15, 0.2) is 46.2 Å². The molecule has 3 heterocycles. The van der Waals surface area contributed by atoms with Crippen LogP contribution in [0.5, 0.6) is 0 Å². The molecule has 1 fully saturated rings. The van der Waals surface area contributed by atoms with Crippen LogP contribution in [-0.4, -0.2) is 72.6 Å². The third kappa shape index (κ3) is 4.65. The predicted octanol–water partition coefficient (Wildman–Crippen LogP) is -0.290. The summed E-state index contributed by atoms with van der Waals surface area (Å²) in [6.07, 6.45) is 0.362. The van der Waals surface area contributed by atoms with Crippen LogP contribution in [0, 0.1) is 0 Å². The Bertz CT molecular complexity index is 1320. The molecule has 0 spiro atoms. The standard InChI is InChI=1S/C23H28N6O5/c1-16(21(31)28-11-9-27(10-12-28)13-17-7-5-4-6-8-17)34-18(30)14-29-15-24-20-19(29)22(32)26(3)23(33)25(20)2/h4-8,15-16H,9-14H2,1-3H3. The quantitative estimate of drug-likeness (QED) is 0.457. The van der Waals surface area contributed by atoms with Crippen LogP contribution in [0.2, 0.25) is 0 Å². The molecule has 0 aliphatic carbocycles. The Kier molecular flexibility index (Phi) is 6.64. The maximum Gasteiger partial charge on any atom is 0.332 e. The number of aryl methyl sites for hydroxylation is 1. The number of aromatic nitrogens is 4. The molecule has 180 valence electrons. The van der Waals surface area contributed by atoms with Gasteiger partial charge in [0.15, 0.2) is 17.3 Å². The maximum atomic E-state index is 12.8. The number of carbonyl (C=O) groups excluding carboxylic acids is 2. The maximum absolute atomic E-state index is 12.8. The summed E-state index contributed by atoms with van der Waals surface area (Å²) in [6.45, 7) is 4.68. The van der Waals surface area contributed by atoms with E-state index >= 15 is 0 Å². The highest BCUT2D eigenvalue weighted by Crippen LogP contribution is 2.11. The van der Waals surface area contributed by atoms with Crippen molar-refractivity contribution in [3.8, 4) is 0 Å². The lowest BCUT2D eigenvalue weighted by atomic mass is 10.2. The topological polar surface area (TPSA) is 112 Å². The van der Waals surface area contributed by atoms with Crippen molar-refractivity contribution in [1.82, 2.24) is 28.5 Å². The third-order valence-electron chi connectivity index (χ3n) is 6.11. The number of fused-ring (bicyclic) bond motifs is 1. The van der Waals surface area contributed by atoms with Crippen molar-refractivity contribution >= 4 is 23.0 Å². The molecule has 2 aromatic heterocycles. The van der Waals surface area contributed by atoms with E-state index in [1.165, 1.54) is 35.1 Å². The summed E-state index contributed by atoms with van der Waals surface area (Å²) in [6, 6.07) is 10.2. The average molecular weight is 469 g/mol. The summed E-state index contributed by atoms with van der Waals surface area (Å²) >= 11 is 0. The van der Waals surface area contributed by atoms with Gasteiger partial charge in [0, 0.05) is 46.8 Å². The Morgan fingerprint density at radius 1 is 1.03 bits per heavy atom. The van der Waals surface area contributed by atoms with E-state index in [1.54, 1.807) is 11.8 Å². The van der Waals surface area contributed by atoms with E-state index in [4.69, 9.17) is 4.74 Å². The van der Waals surface area contributed by atoms with Crippen molar-refractivity contribution < 1.29 is 14.3 Å². The molecular formula is C23H28N6O5.